The molecule has 0 bridgehead atoms. The van der Waals surface area contributed by atoms with Crippen LogP contribution in [-0.4, -0.2) is 44.2 Å². The maximum atomic E-state index is 11.9. The van der Waals surface area contributed by atoms with E-state index >= 15 is 0 Å². The zero-order valence-electron chi connectivity index (χ0n) is 9.25. The largest absolute Gasteiger partial charge is 0.340 e. The van der Waals surface area contributed by atoms with Crippen LogP contribution in [0, 0.1) is 0 Å². The van der Waals surface area contributed by atoms with E-state index in [1.54, 1.807) is 11.9 Å². The average Bonchev–Trinajstić information content (AvgIpc) is 2.84. The molecule has 0 spiro atoms. The Labute approximate surface area is 96.9 Å². The lowest BCUT2D eigenvalue weighted by atomic mass is 10.3. The van der Waals surface area contributed by atoms with E-state index in [9.17, 15) is 4.79 Å². The average molecular weight is 239 g/mol. The van der Waals surface area contributed by atoms with Crippen molar-refractivity contribution in [1.29, 1.82) is 0 Å². The van der Waals surface area contributed by atoms with Crippen molar-refractivity contribution >= 4 is 22.2 Å². The number of unbranched alkanes of at least 4 members (excludes halogenated alkanes) is 1. The molecule has 0 radical (unpaired) electrons. The van der Waals surface area contributed by atoms with Gasteiger partial charge in [0.2, 0.25) is 9.97 Å². The van der Waals surface area contributed by atoms with Gasteiger partial charge in [-0.1, -0.05) is 24.7 Å². The zero-order valence-corrected chi connectivity index (χ0v) is 10.1. The Kier molecular flexibility index (Phi) is 3.14. The molecule has 86 valence electrons. The highest BCUT2D eigenvalue weighted by atomic mass is 32.1. The molecule has 0 atom stereocenters. The zero-order chi connectivity index (χ0) is 11.5. The molecule has 0 aliphatic rings. The van der Waals surface area contributed by atoms with Crippen LogP contribution in [0.15, 0.2) is 6.33 Å². The number of fused-ring (bicyclic) bond motifs is 1. The van der Waals surface area contributed by atoms with Crippen LogP contribution in [0.5, 0.6) is 0 Å². The van der Waals surface area contributed by atoms with Crippen LogP contribution >= 0.6 is 11.3 Å². The van der Waals surface area contributed by atoms with Gasteiger partial charge in [0.25, 0.3) is 5.91 Å². The number of amides is 1. The molecule has 0 aromatic carbocycles. The lowest BCUT2D eigenvalue weighted by Gasteiger charge is -2.14. The first-order valence-corrected chi connectivity index (χ1v) is 5.96. The van der Waals surface area contributed by atoms with Gasteiger partial charge in [-0.25, -0.2) is 0 Å². The molecule has 0 saturated carbocycles. The molecule has 2 aromatic heterocycles. The highest BCUT2D eigenvalue weighted by Crippen LogP contribution is 2.13. The van der Waals surface area contributed by atoms with Crippen molar-refractivity contribution in [1.82, 2.24) is 24.7 Å². The lowest BCUT2D eigenvalue weighted by Crippen LogP contribution is -2.27. The number of hydrogen-bond donors (Lipinski definition) is 0. The van der Waals surface area contributed by atoms with Crippen LogP contribution < -0.4 is 0 Å². The van der Waals surface area contributed by atoms with Gasteiger partial charge in [0, 0.05) is 13.6 Å². The number of aromatic nitrogens is 4. The van der Waals surface area contributed by atoms with Crippen LogP contribution in [0.2, 0.25) is 0 Å². The van der Waals surface area contributed by atoms with Crippen LogP contribution in [0.25, 0.3) is 4.96 Å². The fraction of sp³-hybridized carbons (Fsp3) is 0.556. The summed E-state index contributed by atoms with van der Waals surface area (Å²) in [7, 11) is 1.79. The van der Waals surface area contributed by atoms with E-state index in [0.717, 1.165) is 19.4 Å². The summed E-state index contributed by atoms with van der Waals surface area (Å²) in [6.45, 7) is 2.86. The molecule has 0 aliphatic heterocycles. The van der Waals surface area contributed by atoms with Crippen LogP contribution in [0.1, 0.15) is 29.6 Å². The first kappa shape index (κ1) is 11.0. The Hall–Kier alpha value is -1.50. The first-order chi connectivity index (χ1) is 7.72. The Balaban J connectivity index is 2.12. The molecule has 0 saturated heterocycles. The van der Waals surface area contributed by atoms with Crippen LogP contribution in [0.3, 0.4) is 0 Å². The molecule has 1 amide bonds. The third-order valence-corrected chi connectivity index (χ3v) is 3.16. The van der Waals surface area contributed by atoms with Crippen molar-refractivity contribution in [3.8, 4) is 0 Å². The predicted molar refractivity (Wildman–Crippen MR) is 60.5 cm³/mol. The second-order valence-corrected chi connectivity index (χ2v) is 4.50. The third-order valence-electron chi connectivity index (χ3n) is 2.26. The van der Waals surface area contributed by atoms with Crippen molar-refractivity contribution in [2.75, 3.05) is 13.6 Å². The summed E-state index contributed by atoms with van der Waals surface area (Å²) in [5.74, 6) is -0.0519. The summed E-state index contributed by atoms with van der Waals surface area (Å²) in [5.41, 5.74) is 0. The van der Waals surface area contributed by atoms with Crippen LogP contribution in [0.4, 0.5) is 0 Å². The van der Waals surface area contributed by atoms with Crippen molar-refractivity contribution in [2.24, 2.45) is 0 Å². The standard InChI is InChI=1S/C9H13N5OS/c1-3-4-5-13(2)8(15)7-12-14-6-10-11-9(14)16-7/h6H,3-5H2,1-2H3. The van der Waals surface area contributed by atoms with Gasteiger partial charge in [0.05, 0.1) is 0 Å². The molecule has 0 unspecified atom stereocenters. The molecule has 7 heteroatoms. The molecule has 2 rings (SSSR count). The van der Waals surface area contributed by atoms with Crippen molar-refractivity contribution in [3.63, 3.8) is 0 Å². The van der Waals surface area contributed by atoms with E-state index in [1.807, 2.05) is 0 Å². The Morgan fingerprint density at radius 3 is 3.12 bits per heavy atom. The number of hydrogen-bond acceptors (Lipinski definition) is 5. The van der Waals surface area contributed by atoms with Gasteiger partial charge in [-0.3, -0.25) is 4.79 Å². The van der Waals surface area contributed by atoms with E-state index < -0.39 is 0 Å². The highest BCUT2D eigenvalue weighted by Gasteiger charge is 2.17. The van der Waals surface area contributed by atoms with E-state index in [1.165, 1.54) is 22.2 Å². The number of nitrogens with zero attached hydrogens (tertiary/aromatic N) is 5. The summed E-state index contributed by atoms with van der Waals surface area (Å²) in [4.78, 5) is 14.3. The molecular formula is C9H13N5OS. The van der Waals surface area contributed by atoms with Gasteiger partial charge < -0.3 is 4.90 Å². The lowest BCUT2D eigenvalue weighted by molar-refractivity contribution is 0.0791. The summed E-state index contributed by atoms with van der Waals surface area (Å²) in [5, 5.41) is 12.1. The van der Waals surface area contributed by atoms with Crippen molar-refractivity contribution < 1.29 is 4.79 Å². The maximum Gasteiger partial charge on any atom is 0.284 e. The highest BCUT2D eigenvalue weighted by molar-refractivity contribution is 7.18. The molecule has 0 fully saturated rings. The summed E-state index contributed by atoms with van der Waals surface area (Å²) in [6.07, 6.45) is 3.57. The van der Waals surface area contributed by atoms with E-state index in [0.29, 0.717) is 9.97 Å². The topological polar surface area (TPSA) is 63.4 Å². The minimum Gasteiger partial charge on any atom is -0.340 e. The molecule has 0 N–H and O–H groups in total. The number of carbonyl (C=O) groups is 1. The fourth-order valence-electron chi connectivity index (χ4n) is 1.31. The van der Waals surface area contributed by atoms with Gasteiger partial charge in [-0.2, -0.15) is 4.52 Å². The van der Waals surface area contributed by atoms with Gasteiger partial charge in [-0.05, 0) is 6.42 Å². The Morgan fingerprint density at radius 1 is 1.62 bits per heavy atom. The van der Waals surface area contributed by atoms with Gasteiger partial charge in [0.15, 0.2) is 0 Å². The van der Waals surface area contributed by atoms with Crippen LogP contribution in [-0.2, 0) is 0 Å². The van der Waals surface area contributed by atoms with E-state index in [4.69, 9.17) is 0 Å². The monoisotopic (exact) mass is 239 g/mol. The number of rotatable bonds is 4. The molecule has 16 heavy (non-hydrogen) atoms. The Bertz CT molecular complexity index is 462. The second kappa shape index (κ2) is 4.56. The molecular weight excluding hydrogens is 226 g/mol. The summed E-state index contributed by atoms with van der Waals surface area (Å²) < 4.78 is 1.52. The quantitative estimate of drug-likeness (QED) is 0.800. The van der Waals surface area contributed by atoms with Crippen molar-refractivity contribution in [3.05, 3.63) is 11.3 Å². The fourth-order valence-corrected chi connectivity index (χ4v) is 2.12. The normalized spacial score (nSPS) is 10.9. The SMILES string of the molecule is CCCCN(C)C(=O)c1nn2cnnc2s1. The maximum absolute atomic E-state index is 11.9. The van der Waals surface area contributed by atoms with E-state index in [2.05, 4.69) is 22.2 Å². The van der Waals surface area contributed by atoms with E-state index in [-0.39, 0.29) is 5.91 Å². The van der Waals surface area contributed by atoms with Gasteiger partial charge >= 0.3 is 0 Å². The third kappa shape index (κ3) is 2.04. The summed E-state index contributed by atoms with van der Waals surface area (Å²) >= 11 is 1.26. The van der Waals surface area contributed by atoms with Gasteiger partial charge in [0.1, 0.15) is 6.33 Å². The van der Waals surface area contributed by atoms with Crippen molar-refractivity contribution in [2.45, 2.75) is 19.8 Å². The number of carbonyl (C=O) groups excluding carboxylic acids is 1. The summed E-state index contributed by atoms with van der Waals surface area (Å²) in [6, 6.07) is 0. The molecule has 2 heterocycles. The predicted octanol–water partition coefficient (Wildman–Crippen LogP) is 1.06. The second-order valence-electron chi connectivity index (χ2n) is 3.55. The smallest absolute Gasteiger partial charge is 0.284 e. The Morgan fingerprint density at radius 2 is 2.44 bits per heavy atom. The molecule has 2 aromatic rings. The first-order valence-electron chi connectivity index (χ1n) is 5.14. The minimum atomic E-state index is -0.0519. The molecule has 6 nitrogen and oxygen atoms in total. The minimum absolute atomic E-state index is 0.0519. The van der Waals surface area contributed by atoms with Gasteiger partial charge in [-0.15, -0.1) is 15.3 Å². The molecule has 0 aliphatic carbocycles.